The van der Waals surface area contributed by atoms with E-state index in [2.05, 4.69) is 14.9 Å². The van der Waals surface area contributed by atoms with E-state index in [0.717, 1.165) is 48.3 Å². The zero-order valence-electron chi connectivity index (χ0n) is 17.7. The number of carbonyl (C=O) groups is 2. The molecule has 2 heterocycles. The van der Waals surface area contributed by atoms with Crippen LogP contribution in [0.1, 0.15) is 65.5 Å². The molecular weight excluding hydrogens is 412 g/mol. The van der Waals surface area contributed by atoms with Crippen molar-refractivity contribution in [2.45, 2.75) is 58.0 Å². The molecule has 1 aliphatic rings. The number of hydrogen-bond acceptors (Lipinski definition) is 6. The fourth-order valence-corrected chi connectivity index (χ4v) is 4.63. The Kier molecular flexibility index (Phi) is 6.46. The van der Waals surface area contributed by atoms with Gasteiger partial charge in [-0.15, -0.1) is 5.10 Å². The maximum atomic E-state index is 13.6. The van der Waals surface area contributed by atoms with Crippen molar-refractivity contribution in [1.29, 1.82) is 0 Å². The zero-order valence-corrected chi connectivity index (χ0v) is 18.5. The molecule has 1 atom stereocenters. The molecular formula is C23H26N4O3S. The van der Waals surface area contributed by atoms with E-state index in [-0.39, 0.29) is 23.6 Å². The van der Waals surface area contributed by atoms with Crippen molar-refractivity contribution in [1.82, 2.24) is 14.9 Å². The summed E-state index contributed by atoms with van der Waals surface area (Å²) in [4.78, 5) is 28.6. The molecule has 3 aromatic rings. The third kappa shape index (κ3) is 4.85. The molecule has 1 aliphatic carbocycles. The average molecular weight is 439 g/mol. The van der Waals surface area contributed by atoms with Gasteiger partial charge in [0.15, 0.2) is 11.7 Å². The number of benzene rings is 1. The molecule has 31 heavy (non-hydrogen) atoms. The summed E-state index contributed by atoms with van der Waals surface area (Å²) in [5, 5.41) is 8.72. The van der Waals surface area contributed by atoms with Crippen molar-refractivity contribution in [2.24, 2.45) is 0 Å². The van der Waals surface area contributed by atoms with Crippen molar-refractivity contribution in [3.8, 4) is 0 Å². The Labute approximate surface area is 185 Å². The highest BCUT2D eigenvalue weighted by Crippen LogP contribution is 2.32. The molecule has 2 aromatic heterocycles. The molecule has 1 fully saturated rings. The molecule has 1 unspecified atom stereocenters. The van der Waals surface area contributed by atoms with Gasteiger partial charge in [-0.3, -0.25) is 14.5 Å². The molecule has 8 heteroatoms. The fraction of sp³-hybridized carbons (Fsp3) is 0.391. The Hall–Kier alpha value is -3.00. The maximum absolute atomic E-state index is 13.6. The van der Waals surface area contributed by atoms with Gasteiger partial charge >= 0.3 is 0 Å². The molecule has 0 aliphatic heterocycles. The average Bonchev–Trinajstić information content (AvgIpc) is 3.45. The van der Waals surface area contributed by atoms with Gasteiger partial charge in [-0.1, -0.05) is 29.8 Å². The van der Waals surface area contributed by atoms with Crippen molar-refractivity contribution in [3.05, 3.63) is 64.6 Å². The van der Waals surface area contributed by atoms with Crippen molar-refractivity contribution >= 4 is 29.0 Å². The number of amides is 2. The molecule has 0 radical (unpaired) electrons. The Morgan fingerprint density at radius 3 is 2.52 bits per heavy atom. The van der Waals surface area contributed by atoms with Crippen LogP contribution in [0.15, 0.2) is 46.4 Å². The van der Waals surface area contributed by atoms with Crippen LogP contribution in [0.3, 0.4) is 0 Å². The fourth-order valence-electron chi connectivity index (χ4n) is 4.20. The summed E-state index contributed by atoms with van der Waals surface area (Å²) in [6.07, 6.45) is 6.80. The predicted molar refractivity (Wildman–Crippen MR) is 119 cm³/mol. The maximum Gasteiger partial charge on any atom is 0.280 e. The van der Waals surface area contributed by atoms with Gasteiger partial charge in [0.1, 0.15) is 5.76 Å². The van der Waals surface area contributed by atoms with E-state index in [4.69, 9.17) is 4.42 Å². The number of furan rings is 1. The highest BCUT2D eigenvalue weighted by Gasteiger charge is 2.37. The second-order valence-electron chi connectivity index (χ2n) is 8.07. The van der Waals surface area contributed by atoms with Gasteiger partial charge in [-0.2, -0.15) is 0 Å². The third-order valence-corrected chi connectivity index (χ3v) is 6.06. The number of hydrogen-bond donors (Lipinski definition) is 1. The van der Waals surface area contributed by atoms with Crippen LogP contribution in [-0.4, -0.2) is 27.4 Å². The van der Waals surface area contributed by atoms with E-state index >= 15 is 0 Å². The van der Waals surface area contributed by atoms with E-state index in [1.165, 1.54) is 17.6 Å². The highest BCUT2D eigenvalue weighted by molar-refractivity contribution is 7.03. The number of carbonyl (C=O) groups excluding carboxylic acids is 2. The van der Waals surface area contributed by atoms with Crippen LogP contribution in [0.2, 0.25) is 0 Å². The first-order valence-electron chi connectivity index (χ1n) is 10.6. The number of anilines is 1. The van der Waals surface area contributed by atoms with Gasteiger partial charge in [0.25, 0.3) is 11.8 Å². The molecule has 0 saturated heterocycles. The first kappa shape index (κ1) is 21.2. The minimum Gasteiger partial charge on any atom is -0.467 e. The lowest BCUT2D eigenvalue weighted by atomic mass is 9.95. The summed E-state index contributed by atoms with van der Waals surface area (Å²) in [5.41, 5.74) is 2.81. The minimum absolute atomic E-state index is 0.107. The molecule has 0 spiro atoms. The summed E-state index contributed by atoms with van der Waals surface area (Å²) >= 11 is 1.10. The molecule has 2 amide bonds. The van der Waals surface area contributed by atoms with Crippen LogP contribution < -0.4 is 10.2 Å². The van der Waals surface area contributed by atoms with Gasteiger partial charge in [0.05, 0.1) is 6.26 Å². The monoisotopic (exact) mass is 438 g/mol. The summed E-state index contributed by atoms with van der Waals surface area (Å²) in [7, 11) is 0. The molecule has 1 aromatic carbocycles. The standard InChI is InChI=1S/C23H26N4O3S/c1-15-11-16(2)13-18(12-15)27(23(29)19-14-31-26-25-19)21(20-9-6-10-30-20)22(28)24-17-7-4-3-5-8-17/h6,9-14,17,21H,3-5,7-8H2,1-2H3,(H,24,28). The lowest BCUT2D eigenvalue weighted by molar-refractivity contribution is -0.123. The lowest BCUT2D eigenvalue weighted by Gasteiger charge is -2.32. The SMILES string of the molecule is Cc1cc(C)cc(N(C(=O)c2csnn2)C(C(=O)NC2CCCCC2)c2ccco2)c1. The van der Waals surface area contributed by atoms with E-state index < -0.39 is 6.04 Å². The van der Waals surface area contributed by atoms with Crippen LogP contribution >= 0.6 is 11.5 Å². The lowest BCUT2D eigenvalue weighted by Crippen LogP contribution is -2.47. The Morgan fingerprint density at radius 2 is 1.90 bits per heavy atom. The third-order valence-electron chi connectivity index (χ3n) is 5.55. The summed E-state index contributed by atoms with van der Waals surface area (Å²) in [5.74, 6) is -0.236. The second kappa shape index (κ2) is 9.43. The van der Waals surface area contributed by atoms with Gasteiger partial charge in [-0.05, 0) is 73.6 Å². The van der Waals surface area contributed by atoms with E-state index in [9.17, 15) is 9.59 Å². The van der Waals surface area contributed by atoms with Gasteiger partial charge < -0.3 is 9.73 Å². The predicted octanol–water partition coefficient (Wildman–Crippen LogP) is 4.58. The van der Waals surface area contributed by atoms with Crippen LogP contribution in [0.5, 0.6) is 0 Å². The minimum atomic E-state index is -0.952. The zero-order chi connectivity index (χ0) is 21.8. The van der Waals surface area contributed by atoms with Gasteiger partial charge in [0.2, 0.25) is 0 Å². The van der Waals surface area contributed by atoms with Crippen molar-refractivity contribution in [2.75, 3.05) is 4.90 Å². The van der Waals surface area contributed by atoms with Gasteiger partial charge in [-0.25, -0.2) is 0 Å². The van der Waals surface area contributed by atoms with Crippen molar-refractivity contribution in [3.63, 3.8) is 0 Å². The molecule has 162 valence electrons. The first-order chi connectivity index (χ1) is 15.0. The van der Waals surface area contributed by atoms with Crippen LogP contribution in [0.4, 0.5) is 5.69 Å². The summed E-state index contributed by atoms with van der Waals surface area (Å²) < 4.78 is 9.48. The first-order valence-corrected chi connectivity index (χ1v) is 11.4. The number of aromatic nitrogens is 2. The molecule has 1 saturated carbocycles. The Bertz CT molecular complexity index is 1010. The number of nitrogens with zero attached hydrogens (tertiary/aromatic N) is 3. The van der Waals surface area contributed by atoms with Crippen LogP contribution in [0.25, 0.3) is 0 Å². The quantitative estimate of drug-likeness (QED) is 0.608. The number of nitrogens with one attached hydrogen (secondary N) is 1. The highest BCUT2D eigenvalue weighted by atomic mass is 32.1. The largest absolute Gasteiger partial charge is 0.467 e. The van der Waals surface area contributed by atoms with Gasteiger partial charge in [0, 0.05) is 17.1 Å². The van der Waals surface area contributed by atoms with E-state index in [1.54, 1.807) is 17.5 Å². The summed E-state index contributed by atoms with van der Waals surface area (Å²) in [6, 6.07) is 8.44. The Balaban J connectivity index is 1.77. The molecule has 0 bridgehead atoms. The number of rotatable bonds is 6. The van der Waals surface area contributed by atoms with Crippen LogP contribution in [-0.2, 0) is 4.79 Å². The van der Waals surface area contributed by atoms with E-state index in [1.807, 2.05) is 32.0 Å². The number of aryl methyl sites for hydroxylation is 2. The molecule has 4 rings (SSSR count). The van der Waals surface area contributed by atoms with Crippen molar-refractivity contribution < 1.29 is 14.0 Å². The summed E-state index contributed by atoms with van der Waals surface area (Å²) in [6.45, 7) is 3.93. The normalized spacial score (nSPS) is 15.4. The smallest absolute Gasteiger partial charge is 0.280 e. The molecule has 1 N–H and O–H groups in total. The van der Waals surface area contributed by atoms with E-state index in [0.29, 0.717) is 11.4 Å². The van der Waals surface area contributed by atoms with Crippen LogP contribution in [0, 0.1) is 13.8 Å². The Morgan fingerprint density at radius 1 is 1.16 bits per heavy atom. The topological polar surface area (TPSA) is 88.3 Å². The molecule has 7 nitrogen and oxygen atoms in total. The second-order valence-corrected chi connectivity index (χ2v) is 8.68.